The van der Waals surface area contributed by atoms with Crippen molar-refractivity contribution in [3.63, 3.8) is 0 Å². The molecule has 1 aromatic carbocycles. The van der Waals surface area contributed by atoms with Gasteiger partial charge in [0.15, 0.2) is 0 Å². The molecule has 3 aromatic rings. The quantitative estimate of drug-likeness (QED) is 0.660. The molecule has 1 N–H and O–H groups in total. The summed E-state index contributed by atoms with van der Waals surface area (Å²) in [4.78, 5) is 15.6. The van der Waals surface area contributed by atoms with Crippen molar-refractivity contribution in [2.24, 2.45) is 5.92 Å². The van der Waals surface area contributed by atoms with Crippen molar-refractivity contribution in [1.82, 2.24) is 25.2 Å². The molecular formula is C20H20F3N5O2. The lowest BCUT2D eigenvalue weighted by molar-refractivity contribution is -0.159. The third-order valence-electron chi connectivity index (χ3n) is 5.10. The fraction of sp³-hybridized carbons (Fsp3) is 0.400. The Kier molecular flexibility index (Phi) is 5.08. The molecular weight excluding hydrogens is 399 g/mol. The van der Waals surface area contributed by atoms with E-state index in [-0.39, 0.29) is 18.2 Å². The number of aromatic nitrogens is 4. The number of hydrogen-bond donors (Lipinski definition) is 1. The van der Waals surface area contributed by atoms with Crippen LogP contribution in [0.25, 0.3) is 17.1 Å². The molecule has 1 saturated carbocycles. The summed E-state index contributed by atoms with van der Waals surface area (Å²) in [5.41, 5.74) is 3.55. The summed E-state index contributed by atoms with van der Waals surface area (Å²) in [6, 6.07) is 6.60. The zero-order valence-corrected chi connectivity index (χ0v) is 16.5. The largest absolute Gasteiger partial charge is 0.471 e. The van der Waals surface area contributed by atoms with Crippen LogP contribution in [-0.4, -0.2) is 32.4 Å². The van der Waals surface area contributed by atoms with Gasteiger partial charge in [0.2, 0.25) is 11.7 Å². The lowest BCUT2D eigenvalue weighted by Gasteiger charge is -2.07. The molecule has 10 heteroatoms. The van der Waals surface area contributed by atoms with Crippen molar-refractivity contribution < 1.29 is 22.5 Å². The number of benzene rings is 1. The minimum Gasteiger partial charge on any atom is -0.356 e. The summed E-state index contributed by atoms with van der Waals surface area (Å²) in [5, 5.41) is 10.9. The smallest absolute Gasteiger partial charge is 0.356 e. The van der Waals surface area contributed by atoms with E-state index in [1.807, 2.05) is 13.8 Å². The molecule has 0 radical (unpaired) electrons. The molecule has 1 aliphatic rings. The summed E-state index contributed by atoms with van der Waals surface area (Å²) in [6.07, 6.45) is -2.08. The molecule has 158 valence electrons. The van der Waals surface area contributed by atoms with E-state index in [4.69, 9.17) is 0 Å². The topological polar surface area (TPSA) is 85.8 Å². The Morgan fingerprint density at radius 1 is 1.23 bits per heavy atom. The normalized spacial score (nSPS) is 14.2. The van der Waals surface area contributed by atoms with Crippen LogP contribution in [0.2, 0.25) is 0 Å². The Labute approximate surface area is 170 Å². The van der Waals surface area contributed by atoms with E-state index in [9.17, 15) is 18.0 Å². The Morgan fingerprint density at radius 3 is 2.53 bits per heavy atom. The summed E-state index contributed by atoms with van der Waals surface area (Å²) in [5.74, 6) is -0.940. The summed E-state index contributed by atoms with van der Waals surface area (Å²) >= 11 is 0. The molecule has 0 spiro atoms. The van der Waals surface area contributed by atoms with Crippen molar-refractivity contribution >= 4 is 5.91 Å². The zero-order chi connectivity index (χ0) is 21.5. The van der Waals surface area contributed by atoms with Gasteiger partial charge < -0.3 is 9.84 Å². The summed E-state index contributed by atoms with van der Waals surface area (Å²) < 4.78 is 43.9. The fourth-order valence-corrected chi connectivity index (χ4v) is 3.19. The van der Waals surface area contributed by atoms with Gasteiger partial charge in [0.05, 0.1) is 17.8 Å². The molecule has 1 amide bonds. The molecule has 2 heterocycles. The first kappa shape index (κ1) is 20.1. The van der Waals surface area contributed by atoms with Crippen molar-refractivity contribution in [3.05, 3.63) is 47.1 Å². The maximum Gasteiger partial charge on any atom is 0.471 e. The van der Waals surface area contributed by atoms with Gasteiger partial charge in [0, 0.05) is 23.4 Å². The van der Waals surface area contributed by atoms with E-state index in [0.717, 1.165) is 23.5 Å². The standard InChI is InChI=1S/C20H20F3N5O2/c1-11-16(9-17(29)24-10-13-3-4-13)12(2)28(26-11)15-7-5-14(6-8-15)18-25-19(30-27-18)20(21,22)23/h5-8,13H,3-4,9-10H2,1-2H3,(H,24,29). The second-order valence-corrected chi connectivity index (χ2v) is 7.45. The Hall–Kier alpha value is -3.17. The van der Waals surface area contributed by atoms with Crippen LogP contribution in [0.4, 0.5) is 13.2 Å². The van der Waals surface area contributed by atoms with Crippen molar-refractivity contribution in [3.8, 4) is 17.1 Å². The highest BCUT2D eigenvalue weighted by molar-refractivity contribution is 5.79. The summed E-state index contributed by atoms with van der Waals surface area (Å²) in [6.45, 7) is 4.45. The Bertz CT molecular complexity index is 1070. The molecule has 7 nitrogen and oxygen atoms in total. The molecule has 2 aromatic heterocycles. The molecule has 0 aliphatic heterocycles. The van der Waals surface area contributed by atoms with Crippen LogP contribution in [0.15, 0.2) is 28.8 Å². The highest BCUT2D eigenvalue weighted by atomic mass is 19.4. The van der Waals surface area contributed by atoms with E-state index < -0.39 is 12.1 Å². The van der Waals surface area contributed by atoms with Crippen LogP contribution in [0.3, 0.4) is 0 Å². The average molecular weight is 419 g/mol. The van der Waals surface area contributed by atoms with Crippen LogP contribution in [-0.2, 0) is 17.4 Å². The summed E-state index contributed by atoms with van der Waals surface area (Å²) in [7, 11) is 0. The molecule has 30 heavy (non-hydrogen) atoms. The van der Waals surface area contributed by atoms with Crippen LogP contribution < -0.4 is 5.32 Å². The van der Waals surface area contributed by atoms with E-state index in [1.165, 1.54) is 12.8 Å². The second-order valence-electron chi connectivity index (χ2n) is 7.45. The Balaban J connectivity index is 1.51. The van der Waals surface area contributed by atoms with E-state index in [2.05, 4.69) is 25.1 Å². The molecule has 0 bridgehead atoms. The first-order chi connectivity index (χ1) is 14.2. The Morgan fingerprint density at radius 2 is 1.93 bits per heavy atom. The number of hydrogen-bond acceptors (Lipinski definition) is 5. The second kappa shape index (κ2) is 7.58. The zero-order valence-electron chi connectivity index (χ0n) is 16.5. The number of nitrogens with one attached hydrogen (secondary N) is 1. The number of aryl methyl sites for hydroxylation is 1. The maximum atomic E-state index is 12.6. The van der Waals surface area contributed by atoms with Gasteiger partial charge in [-0.15, -0.1) is 0 Å². The van der Waals surface area contributed by atoms with Crippen molar-refractivity contribution in [1.29, 1.82) is 0 Å². The number of amides is 1. The van der Waals surface area contributed by atoms with Crippen LogP contribution >= 0.6 is 0 Å². The molecule has 1 fully saturated rings. The predicted molar refractivity (Wildman–Crippen MR) is 101 cm³/mol. The van der Waals surface area contributed by atoms with Gasteiger partial charge in [-0.05, 0) is 56.9 Å². The maximum absolute atomic E-state index is 12.6. The van der Waals surface area contributed by atoms with Gasteiger partial charge in [-0.1, -0.05) is 5.16 Å². The highest BCUT2D eigenvalue weighted by Crippen LogP contribution is 2.30. The van der Waals surface area contributed by atoms with E-state index in [0.29, 0.717) is 17.2 Å². The molecule has 0 unspecified atom stereocenters. The van der Waals surface area contributed by atoms with Gasteiger partial charge in [-0.2, -0.15) is 23.3 Å². The highest BCUT2D eigenvalue weighted by Gasteiger charge is 2.38. The van der Waals surface area contributed by atoms with Gasteiger partial charge >= 0.3 is 12.1 Å². The average Bonchev–Trinajstić information content (AvgIpc) is 3.32. The number of carbonyl (C=O) groups is 1. The first-order valence-corrected chi connectivity index (χ1v) is 9.56. The van der Waals surface area contributed by atoms with Crippen molar-refractivity contribution in [2.75, 3.05) is 6.54 Å². The fourth-order valence-electron chi connectivity index (χ4n) is 3.19. The molecule has 0 saturated heterocycles. The SMILES string of the molecule is Cc1nn(-c2ccc(-c3noc(C(F)(F)F)n3)cc2)c(C)c1CC(=O)NCC1CC1. The monoisotopic (exact) mass is 419 g/mol. The van der Waals surface area contributed by atoms with Gasteiger partial charge in [0.1, 0.15) is 0 Å². The number of halogens is 3. The van der Waals surface area contributed by atoms with E-state index in [1.54, 1.807) is 28.9 Å². The predicted octanol–water partition coefficient (Wildman–Crippen LogP) is 3.63. The van der Waals surface area contributed by atoms with Crippen LogP contribution in [0.5, 0.6) is 0 Å². The van der Waals surface area contributed by atoms with Crippen molar-refractivity contribution in [2.45, 2.75) is 39.3 Å². The van der Waals surface area contributed by atoms with Gasteiger partial charge in [0.25, 0.3) is 0 Å². The van der Waals surface area contributed by atoms with Crippen LogP contribution in [0, 0.1) is 19.8 Å². The minimum absolute atomic E-state index is 0.0272. The molecule has 4 rings (SSSR count). The third kappa shape index (κ3) is 4.22. The molecule has 1 aliphatic carbocycles. The van der Waals surface area contributed by atoms with E-state index >= 15 is 0 Å². The molecule has 0 atom stereocenters. The minimum atomic E-state index is -4.68. The number of rotatable bonds is 6. The van der Waals surface area contributed by atoms with Gasteiger partial charge in [-0.25, -0.2) is 4.68 Å². The lowest BCUT2D eigenvalue weighted by atomic mass is 10.1. The lowest BCUT2D eigenvalue weighted by Crippen LogP contribution is -2.27. The third-order valence-corrected chi connectivity index (χ3v) is 5.10. The number of carbonyl (C=O) groups excluding carboxylic acids is 1. The number of nitrogens with zero attached hydrogens (tertiary/aromatic N) is 4. The van der Waals surface area contributed by atoms with Crippen LogP contribution in [0.1, 0.15) is 35.7 Å². The number of alkyl halides is 3. The first-order valence-electron chi connectivity index (χ1n) is 9.56. The van der Waals surface area contributed by atoms with Gasteiger partial charge in [-0.3, -0.25) is 4.79 Å².